The van der Waals surface area contributed by atoms with Crippen LogP contribution in [0.1, 0.15) is 29.3 Å². The molecule has 0 aromatic carbocycles. The van der Waals surface area contributed by atoms with E-state index in [-0.39, 0.29) is 5.78 Å². The van der Waals surface area contributed by atoms with Gasteiger partial charge in [-0.15, -0.1) is 0 Å². The Bertz CT molecular complexity index is 478. The highest BCUT2D eigenvalue weighted by atomic mass is 16.1. The summed E-state index contributed by atoms with van der Waals surface area (Å²) in [5, 5.41) is 4.11. The Kier molecular flexibility index (Phi) is 3.05. The molecule has 0 unspecified atom stereocenters. The van der Waals surface area contributed by atoms with Crippen LogP contribution in [0.5, 0.6) is 0 Å². The molecular weight excluding hydrogens is 204 g/mol. The summed E-state index contributed by atoms with van der Waals surface area (Å²) < 4.78 is 1.76. The maximum absolute atomic E-state index is 11.9. The molecule has 0 aliphatic rings. The van der Waals surface area contributed by atoms with Crippen LogP contribution in [0.3, 0.4) is 0 Å². The fraction of sp³-hybridized carbons (Fsp3) is 0.273. The predicted molar refractivity (Wildman–Crippen MR) is 58.0 cm³/mol. The summed E-state index contributed by atoms with van der Waals surface area (Å²) in [6.07, 6.45) is 8.73. The molecule has 0 atom stereocenters. The first-order chi connectivity index (χ1) is 7.81. The Labute approximate surface area is 93.2 Å². The Morgan fingerprint density at radius 3 is 2.69 bits per heavy atom. The van der Waals surface area contributed by atoms with Gasteiger partial charge in [0.2, 0.25) is 0 Å². The molecule has 2 heterocycles. The summed E-state index contributed by atoms with van der Waals surface area (Å²) in [4.78, 5) is 19.6. The summed E-state index contributed by atoms with van der Waals surface area (Å²) in [6, 6.07) is 0. The highest BCUT2D eigenvalue weighted by molar-refractivity contribution is 6.08. The van der Waals surface area contributed by atoms with E-state index in [1.54, 1.807) is 17.1 Å². The van der Waals surface area contributed by atoms with Gasteiger partial charge in [0, 0.05) is 25.1 Å². The van der Waals surface area contributed by atoms with E-state index in [2.05, 4.69) is 22.0 Å². The molecule has 5 heteroatoms. The molecule has 82 valence electrons. The first-order valence-electron chi connectivity index (χ1n) is 5.13. The van der Waals surface area contributed by atoms with Crippen LogP contribution in [-0.2, 0) is 6.54 Å². The van der Waals surface area contributed by atoms with Crippen molar-refractivity contribution in [3.8, 4) is 0 Å². The van der Waals surface area contributed by atoms with Crippen molar-refractivity contribution in [1.82, 2.24) is 19.7 Å². The van der Waals surface area contributed by atoms with Crippen molar-refractivity contribution in [3.05, 3.63) is 42.2 Å². The number of carbonyl (C=O) groups is 1. The molecule has 0 saturated heterocycles. The fourth-order valence-corrected chi connectivity index (χ4v) is 1.42. The van der Waals surface area contributed by atoms with E-state index < -0.39 is 0 Å². The largest absolute Gasteiger partial charge is 0.288 e. The van der Waals surface area contributed by atoms with Crippen LogP contribution in [0.15, 0.2) is 31.1 Å². The maximum atomic E-state index is 11.9. The zero-order valence-electron chi connectivity index (χ0n) is 9.00. The third-order valence-electron chi connectivity index (χ3n) is 2.17. The summed E-state index contributed by atoms with van der Waals surface area (Å²) >= 11 is 0. The van der Waals surface area contributed by atoms with E-state index in [0.29, 0.717) is 11.1 Å². The van der Waals surface area contributed by atoms with Gasteiger partial charge in [0.15, 0.2) is 5.78 Å². The van der Waals surface area contributed by atoms with Gasteiger partial charge in [0.25, 0.3) is 0 Å². The molecule has 0 saturated carbocycles. The van der Waals surface area contributed by atoms with Crippen LogP contribution in [0.4, 0.5) is 0 Å². The minimum atomic E-state index is -0.0945. The second-order valence-corrected chi connectivity index (χ2v) is 3.45. The molecule has 16 heavy (non-hydrogen) atoms. The first kappa shape index (κ1) is 10.5. The van der Waals surface area contributed by atoms with E-state index in [4.69, 9.17) is 0 Å². The van der Waals surface area contributed by atoms with E-state index >= 15 is 0 Å². The van der Waals surface area contributed by atoms with E-state index in [1.807, 2.05) is 0 Å². The smallest absolute Gasteiger partial charge is 0.199 e. The van der Waals surface area contributed by atoms with E-state index in [9.17, 15) is 4.79 Å². The summed E-state index contributed by atoms with van der Waals surface area (Å²) in [7, 11) is 0. The summed E-state index contributed by atoms with van der Waals surface area (Å²) in [5.41, 5.74) is 1.06. The minimum Gasteiger partial charge on any atom is -0.288 e. The van der Waals surface area contributed by atoms with Gasteiger partial charge in [-0.3, -0.25) is 9.48 Å². The quantitative estimate of drug-likeness (QED) is 0.723. The Morgan fingerprint density at radius 2 is 2.00 bits per heavy atom. The van der Waals surface area contributed by atoms with Gasteiger partial charge in [0.05, 0.1) is 17.3 Å². The predicted octanol–water partition coefficient (Wildman–Crippen LogP) is 1.31. The number of rotatable bonds is 4. The van der Waals surface area contributed by atoms with Crippen LogP contribution >= 0.6 is 0 Å². The molecule has 0 spiro atoms. The van der Waals surface area contributed by atoms with Crippen molar-refractivity contribution in [2.45, 2.75) is 19.9 Å². The van der Waals surface area contributed by atoms with Gasteiger partial charge >= 0.3 is 0 Å². The second-order valence-electron chi connectivity index (χ2n) is 3.45. The second kappa shape index (κ2) is 4.65. The maximum Gasteiger partial charge on any atom is 0.199 e. The summed E-state index contributed by atoms with van der Waals surface area (Å²) in [5.74, 6) is -0.0945. The molecule has 0 bridgehead atoms. The highest BCUT2D eigenvalue weighted by Crippen LogP contribution is 2.06. The van der Waals surface area contributed by atoms with E-state index in [1.165, 1.54) is 18.7 Å². The molecule has 0 aliphatic carbocycles. The zero-order valence-corrected chi connectivity index (χ0v) is 9.00. The fourth-order valence-electron chi connectivity index (χ4n) is 1.42. The number of nitrogens with zero attached hydrogens (tertiary/aromatic N) is 4. The van der Waals surface area contributed by atoms with Gasteiger partial charge in [-0.05, 0) is 6.42 Å². The SMILES string of the molecule is CCCn1cc(C(=O)c2cncnc2)cn1. The molecule has 2 aromatic heterocycles. The standard InChI is InChI=1S/C11H12N4O/c1-2-3-15-7-10(6-14-15)11(16)9-4-12-8-13-5-9/h4-8H,2-3H2,1H3. The van der Waals surface area contributed by atoms with Crippen molar-refractivity contribution in [1.29, 1.82) is 0 Å². The Hall–Kier alpha value is -2.04. The number of hydrogen-bond donors (Lipinski definition) is 0. The van der Waals surface area contributed by atoms with Crippen LogP contribution in [0, 0.1) is 0 Å². The van der Waals surface area contributed by atoms with Crippen LogP contribution in [0.25, 0.3) is 0 Å². The lowest BCUT2D eigenvalue weighted by atomic mass is 10.1. The number of carbonyl (C=O) groups excluding carboxylic acids is 1. The average molecular weight is 216 g/mol. The number of aromatic nitrogens is 4. The topological polar surface area (TPSA) is 60.7 Å². The van der Waals surface area contributed by atoms with Crippen molar-refractivity contribution >= 4 is 5.78 Å². The third kappa shape index (κ3) is 2.13. The summed E-state index contributed by atoms with van der Waals surface area (Å²) in [6.45, 7) is 2.88. The molecule has 2 rings (SSSR count). The molecule has 5 nitrogen and oxygen atoms in total. The molecular formula is C11H12N4O. The van der Waals surface area contributed by atoms with Gasteiger partial charge in [-0.2, -0.15) is 5.10 Å². The monoisotopic (exact) mass is 216 g/mol. The lowest BCUT2D eigenvalue weighted by Gasteiger charge is -1.96. The number of aryl methyl sites for hydroxylation is 1. The van der Waals surface area contributed by atoms with Crippen molar-refractivity contribution < 1.29 is 4.79 Å². The molecule has 0 aliphatic heterocycles. The van der Waals surface area contributed by atoms with Crippen LogP contribution in [0.2, 0.25) is 0 Å². The first-order valence-corrected chi connectivity index (χ1v) is 5.13. The minimum absolute atomic E-state index is 0.0945. The molecule has 0 fully saturated rings. The molecule has 0 amide bonds. The zero-order chi connectivity index (χ0) is 11.4. The van der Waals surface area contributed by atoms with Gasteiger partial charge in [-0.25, -0.2) is 9.97 Å². The van der Waals surface area contributed by atoms with Crippen LogP contribution < -0.4 is 0 Å². The van der Waals surface area contributed by atoms with Gasteiger partial charge in [0.1, 0.15) is 6.33 Å². The number of ketones is 1. The molecule has 2 aromatic rings. The number of hydrogen-bond acceptors (Lipinski definition) is 4. The lowest BCUT2D eigenvalue weighted by Crippen LogP contribution is -2.01. The average Bonchev–Trinajstić information content (AvgIpc) is 2.78. The molecule has 0 radical (unpaired) electrons. The highest BCUT2D eigenvalue weighted by Gasteiger charge is 2.11. The van der Waals surface area contributed by atoms with Crippen molar-refractivity contribution in [3.63, 3.8) is 0 Å². The van der Waals surface area contributed by atoms with E-state index in [0.717, 1.165) is 13.0 Å². The van der Waals surface area contributed by atoms with Crippen LogP contribution in [-0.4, -0.2) is 25.5 Å². The lowest BCUT2D eigenvalue weighted by molar-refractivity contribution is 0.103. The van der Waals surface area contributed by atoms with Gasteiger partial charge < -0.3 is 0 Å². The van der Waals surface area contributed by atoms with Crippen molar-refractivity contribution in [2.24, 2.45) is 0 Å². The van der Waals surface area contributed by atoms with Crippen molar-refractivity contribution in [2.75, 3.05) is 0 Å². The molecule has 0 N–H and O–H groups in total. The normalized spacial score (nSPS) is 10.3. The van der Waals surface area contributed by atoms with Gasteiger partial charge in [-0.1, -0.05) is 6.92 Å². The Balaban J connectivity index is 2.21. The third-order valence-corrected chi connectivity index (χ3v) is 2.17. The Morgan fingerprint density at radius 1 is 1.25 bits per heavy atom.